The van der Waals surface area contributed by atoms with E-state index in [1.807, 2.05) is 0 Å². The predicted octanol–water partition coefficient (Wildman–Crippen LogP) is 1.39. The molecule has 0 heterocycles. The second-order valence-corrected chi connectivity index (χ2v) is 4.78. The second-order valence-electron chi connectivity index (χ2n) is 4.78. The van der Waals surface area contributed by atoms with E-state index in [4.69, 9.17) is 9.84 Å². The van der Waals surface area contributed by atoms with Gasteiger partial charge in [-0.3, -0.25) is 14.4 Å². The summed E-state index contributed by atoms with van der Waals surface area (Å²) in [5.74, 6) is -0.841. The number of hydrogen-bond donors (Lipinski definition) is 3. The van der Waals surface area contributed by atoms with Gasteiger partial charge in [0.15, 0.2) is 0 Å². The summed E-state index contributed by atoms with van der Waals surface area (Å²) in [7, 11) is 0. The van der Waals surface area contributed by atoms with Crippen molar-refractivity contribution in [1.82, 2.24) is 5.32 Å². The Hall–Kier alpha value is -2.57. The maximum absolute atomic E-state index is 11.8. The van der Waals surface area contributed by atoms with Gasteiger partial charge in [0.05, 0.1) is 6.61 Å². The number of amides is 2. The van der Waals surface area contributed by atoms with Gasteiger partial charge in [0.2, 0.25) is 11.8 Å². The van der Waals surface area contributed by atoms with Crippen LogP contribution in [0.5, 0.6) is 5.75 Å². The Balaban J connectivity index is 2.42. The molecule has 2 amide bonds. The van der Waals surface area contributed by atoms with E-state index in [1.54, 1.807) is 31.2 Å². The summed E-state index contributed by atoms with van der Waals surface area (Å²) in [6.45, 7) is 3.26. The van der Waals surface area contributed by atoms with Crippen LogP contribution in [0.2, 0.25) is 0 Å². The second kappa shape index (κ2) is 8.66. The van der Waals surface area contributed by atoms with Crippen molar-refractivity contribution >= 4 is 23.5 Å². The van der Waals surface area contributed by atoms with Crippen molar-refractivity contribution in [2.75, 3.05) is 11.9 Å². The number of rotatable bonds is 8. The highest BCUT2D eigenvalue weighted by Gasteiger charge is 2.13. The van der Waals surface area contributed by atoms with E-state index in [2.05, 4.69) is 10.6 Å². The lowest BCUT2D eigenvalue weighted by Gasteiger charge is -2.13. The molecule has 22 heavy (non-hydrogen) atoms. The number of nitrogens with one attached hydrogen (secondary N) is 2. The zero-order valence-corrected chi connectivity index (χ0v) is 12.6. The van der Waals surface area contributed by atoms with Crippen molar-refractivity contribution < 1.29 is 24.2 Å². The first-order valence-corrected chi connectivity index (χ1v) is 6.91. The number of carboxylic acid groups (broad SMARTS) is 1. The van der Waals surface area contributed by atoms with Crippen LogP contribution in [0.3, 0.4) is 0 Å². The molecule has 1 atom stereocenters. The van der Waals surface area contributed by atoms with Gasteiger partial charge in [0, 0.05) is 19.0 Å². The molecule has 7 heteroatoms. The molecule has 0 spiro atoms. The van der Waals surface area contributed by atoms with Gasteiger partial charge in [0.1, 0.15) is 11.8 Å². The number of benzene rings is 1. The molecule has 1 rings (SSSR count). The van der Waals surface area contributed by atoms with Crippen LogP contribution in [0.1, 0.15) is 26.7 Å². The van der Waals surface area contributed by atoms with Crippen LogP contribution >= 0.6 is 0 Å². The topological polar surface area (TPSA) is 105 Å². The van der Waals surface area contributed by atoms with E-state index in [1.165, 1.54) is 6.92 Å². The van der Waals surface area contributed by atoms with E-state index < -0.39 is 12.0 Å². The van der Waals surface area contributed by atoms with Gasteiger partial charge in [-0.15, -0.1) is 0 Å². The van der Waals surface area contributed by atoms with E-state index >= 15 is 0 Å². The molecule has 0 bridgehead atoms. The highest BCUT2D eigenvalue weighted by Crippen LogP contribution is 2.16. The number of carboxylic acids is 1. The average Bonchev–Trinajstić information content (AvgIpc) is 2.44. The van der Waals surface area contributed by atoms with Crippen LogP contribution in [-0.4, -0.2) is 35.5 Å². The third kappa shape index (κ3) is 6.74. The minimum Gasteiger partial charge on any atom is -0.494 e. The third-order valence-electron chi connectivity index (χ3n) is 2.74. The first-order valence-electron chi connectivity index (χ1n) is 6.91. The SMILES string of the molecule is CC(=O)NC(C)C(=O)Nc1ccc(OCCCC(=O)O)cc1. The fraction of sp³-hybridized carbons (Fsp3) is 0.400. The third-order valence-corrected chi connectivity index (χ3v) is 2.74. The molecule has 0 radical (unpaired) electrons. The number of aliphatic carboxylic acids is 1. The largest absolute Gasteiger partial charge is 0.494 e. The number of hydrogen-bond acceptors (Lipinski definition) is 4. The zero-order valence-electron chi connectivity index (χ0n) is 12.6. The van der Waals surface area contributed by atoms with E-state index in [0.29, 0.717) is 24.5 Å². The number of anilines is 1. The maximum atomic E-state index is 11.8. The molecule has 0 aliphatic rings. The molecule has 0 aliphatic carbocycles. The quantitative estimate of drug-likeness (QED) is 0.630. The fourth-order valence-electron chi connectivity index (χ4n) is 1.67. The number of carbonyl (C=O) groups is 3. The first kappa shape index (κ1) is 17.5. The predicted molar refractivity (Wildman–Crippen MR) is 80.7 cm³/mol. The summed E-state index contributed by atoms with van der Waals surface area (Å²) in [6, 6.07) is 6.08. The Morgan fingerprint density at radius 3 is 2.41 bits per heavy atom. The van der Waals surface area contributed by atoms with Crippen LogP contribution in [0, 0.1) is 0 Å². The fourth-order valence-corrected chi connectivity index (χ4v) is 1.67. The molecular formula is C15H20N2O5. The van der Waals surface area contributed by atoms with Crippen molar-refractivity contribution in [3.05, 3.63) is 24.3 Å². The Morgan fingerprint density at radius 1 is 1.23 bits per heavy atom. The van der Waals surface area contributed by atoms with Crippen molar-refractivity contribution in [3.63, 3.8) is 0 Å². The van der Waals surface area contributed by atoms with Crippen LogP contribution in [0.15, 0.2) is 24.3 Å². The van der Waals surface area contributed by atoms with Gasteiger partial charge in [-0.25, -0.2) is 0 Å². The molecule has 0 aromatic heterocycles. The van der Waals surface area contributed by atoms with Gasteiger partial charge >= 0.3 is 5.97 Å². The molecular weight excluding hydrogens is 288 g/mol. The van der Waals surface area contributed by atoms with Crippen LogP contribution in [-0.2, 0) is 14.4 Å². The highest BCUT2D eigenvalue weighted by atomic mass is 16.5. The summed E-state index contributed by atoms with van der Waals surface area (Å²) in [5, 5.41) is 13.7. The summed E-state index contributed by atoms with van der Waals surface area (Å²) in [5.41, 5.74) is 0.583. The molecule has 7 nitrogen and oxygen atoms in total. The van der Waals surface area contributed by atoms with Gasteiger partial charge in [-0.2, -0.15) is 0 Å². The van der Waals surface area contributed by atoms with Gasteiger partial charge in [-0.1, -0.05) is 0 Å². The smallest absolute Gasteiger partial charge is 0.303 e. The van der Waals surface area contributed by atoms with Crippen molar-refractivity contribution in [2.45, 2.75) is 32.7 Å². The summed E-state index contributed by atoms with van der Waals surface area (Å²) >= 11 is 0. The van der Waals surface area contributed by atoms with E-state index in [9.17, 15) is 14.4 Å². The number of ether oxygens (including phenoxy) is 1. The summed E-state index contributed by atoms with van der Waals surface area (Å²) in [6.07, 6.45) is 0.497. The minimum absolute atomic E-state index is 0.0647. The van der Waals surface area contributed by atoms with E-state index in [0.717, 1.165) is 0 Å². The molecule has 1 aromatic carbocycles. The average molecular weight is 308 g/mol. The Kier molecular flexibility index (Phi) is 6.88. The normalized spacial score (nSPS) is 11.4. The van der Waals surface area contributed by atoms with Crippen molar-refractivity contribution in [2.24, 2.45) is 0 Å². The van der Waals surface area contributed by atoms with Crippen LogP contribution in [0.4, 0.5) is 5.69 Å². The standard InChI is InChI=1S/C15H20N2O5/c1-10(16-11(2)18)15(21)17-12-5-7-13(8-6-12)22-9-3-4-14(19)20/h5-8,10H,3-4,9H2,1-2H3,(H,16,18)(H,17,21)(H,19,20). The van der Waals surface area contributed by atoms with Gasteiger partial charge in [-0.05, 0) is 37.6 Å². The van der Waals surface area contributed by atoms with Crippen molar-refractivity contribution in [1.29, 1.82) is 0 Å². The monoisotopic (exact) mass is 308 g/mol. The molecule has 0 saturated carbocycles. The molecule has 0 fully saturated rings. The zero-order chi connectivity index (χ0) is 16.5. The summed E-state index contributed by atoms with van der Waals surface area (Å²) in [4.78, 5) is 33.0. The Labute approximate surface area is 128 Å². The lowest BCUT2D eigenvalue weighted by atomic mass is 10.2. The van der Waals surface area contributed by atoms with Gasteiger partial charge < -0.3 is 20.5 Å². The minimum atomic E-state index is -0.852. The Bertz CT molecular complexity index is 527. The van der Waals surface area contributed by atoms with Gasteiger partial charge in [0.25, 0.3) is 0 Å². The molecule has 3 N–H and O–H groups in total. The van der Waals surface area contributed by atoms with Crippen LogP contribution < -0.4 is 15.4 Å². The first-order chi connectivity index (χ1) is 10.4. The lowest BCUT2D eigenvalue weighted by molar-refractivity contribution is -0.137. The van der Waals surface area contributed by atoms with E-state index in [-0.39, 0.29) is 18.2 Å². The maximum Gasteiger partial charge on any atom is 0.303 e. The molecule has 0 aliphatic heterocycles. The molecule has 1 unspecified atom stereocenters. The Morgan fingerprint density at radius 2 is 1.86 bits per heavy atom. The molecule has 0 saturated heterocycles. The number of carbonyl (C=O) groups excluding carboxylic acids is 2. The van der Waals surface area contributed by atoms with Crippen molar-refractivity contribution in [3.8, 4) is 5.75 Å². The molecule has 120 valence electrons. The summed E-state index contributed by atoms with van der Waals surface area (Å²) < 4.78 is 5.38. The highest BCUT2D eigenvalue weighted by molar-refractivity contribution is 5.96. The lowest BCUT2D eigenvalue weighted by Crippen LogP contribution is -2.40. The molecule has 1 aromatic rings. The van der Waals surface area contributed by atoms with Crippen LogP contribution in [0.25, 0.3) is 0 Å².